The lowest BCUT2D eigenvalue weighted by Gasteiger charge is -2.10. The van der Waals surface area contributed by atoms with E-state index in [1.807, 2.05) is 39.8 Å². The Labute approximate surface area is 175 Å². The summed E-state index contributed by atoms with van der Waals surface area (Å²) in [5.74, 6) is -0.482. The van der Waals surface area contributed by atoms with E-state index in [1.165, 1.54) is 9.13 Å². The number of hydrogen-bond donors (Lipinski definition) is 0. The Morgan fingerprint density at radius 1 is 0.667 bits per heavy atom. The van der Waals surface area contributed by atoms with Crippen LogP contribution in [-0.4, -0.2) is 33.0 Å². The second-order valence-electron chi connectivity index (χ2n) is 7.49. The van der Waals surface area contributed by atoms with Crippen molar-refractivity contribution in [1.82, 2.24) is 9.13 Å². The lowest BCUT2D eigenvalue weighted by atomic mass is 10.1. The summed E-state index contributed by atoms with van der Waals surface area (Å²) in [6.07, 6.45) is 3.37. The molecule has 0 amide bonds. The fraction of sp³-hybridized carbons (Fsp3) is 0.250. The first-order chi connectivity index (χ1) is 14.4. The van der Waals surface area contributed by atoms with Crippen molar-refractivity contribution in [2.75, 3.05) is 0 Å². The smallest absolute Gasteiger partial charge is 0.263 e. The van der Waals surface area contributed by atoms with E-state index in [0.29, 0.717) is 22.1 Å². The summed E-state index contributed by atoms with van der Waals surface area (Å²) in [4.78, 5) is 35.3. The molecule has 2 heterocycles. The summed E-state index contributed by atoms with van der Waals surface area (Å²) in [5, 5.41) is 0. The molecule has 6 heteroatoms. The van der Waals surface area contributed by atoms with Crippen LogP contribution >= 0.6 is 0 Å². The standard InChI is InChI=1S/C24H26N4O2/c1-17(2)25-21-12-5-7-14-27(21)23(29)19-10-9-11-20(16-19)24(30)28-15-8-6-13-22(28)26-18(3)4/h5-18H,1-4H3. The summed E-state index contributed by atoms with van der Waals surface area (Å²) in [5.41, 5.74) is 1.97. The molecule has 30 heavy (non-hydrogen) atoms. The predicted octanol–water partition coefficient (Wildman–Crippen LogP) is 3.28. The Morgan fingerprint density at radius 3 is 1.50 bits per heavy atom. The van der Waals surface area contributed by atoms with Gasteiger partial charge in [0.1, 0.15) is 11.0 Å². The number of pyridine rings is 2. The highest BCUT2D eigenvalue weighted by atomic mass is 16.2. The van der Waals surface area contributed by atoms with Gasteiger partial charge in [0.15, 0.2) is 0 Å². The van der Waals surface area contributed by atoms with Crippen molar-refractivity contribution >= 4 is 11.8 Å². The van der Waals surface area contributed by atoms with Crippen LogP contribution < -0.4 is 11.0 Å². The average Bonchev–Trinajstić information content (AvgIpc) is 2.73. The van der Waals surface area contributed by atoms with Crippen LogP contribution in [0.2, 0.25) is 0 Å². The second kappa shape index (κ2) is 9.31. The van der Waals surface area contributed by atoms with Gasteiger partial charge in [-0.2, -0.15) is 0 Å². The molecule has 6 nitrogen and oxygen atoms in total. The maximum atomic E-state index is 13.1. The zero-order chi connectivity index (χ0) is 21.7. The molecule has 0 aliphatic rings. The minimum atomic E-state index is -0.241. The molecule has 154 valence electrons. The Kier molecular flexibility index (Phi) is 6.57. The molecule has 0 bridgehead atoms. The van der Waals surface area contributed by atoms with Crippen LogP contribution in [0, 0.1) is 0 Å². The Bertz CT molecular complexity index is 1110. The number of carbonyl (C=O) groups excluding carboxylic acids is 2. The average molecular weight is 402 g/mol. The number of aromatic nitrogens is 2. The van der Waals surface area contributed by atoms with Gasteiger partial charge in [-0.15, -0.1) is 0 Å². The first-order valence-corrected chi connectivity index (χ1v) is 9.99. The largest absolute Gasteiger partial charge is 0.268 e. The van der Waals surface area contributed by atoms with Gasteiger partial charge < -0.3 is 0 Å². The maximum Gasteiger partial charge on any atom is 0.263 e. The van der Waals surface area contributed by atoms with Crippen molar-refractivity contribution in [3.63, 3.8) is 0 Å². The fourth-order valence-corrected chi connectivity index (χ4v) is 3.01. The van der Waals surface area contributed by atoms with Gasteiger partial charge in [0.05, 0.1) is 0 Å². The van der Waals surface area contributed by atoms with Crippen molar-refractivity contribution in [3.05, 3.63) is 95.2 Å². The van der Waals surface area contributed by atoms with E-state index in [-0.39, 0.29) is 23.9 Å². The molecule has 0 aliphatic carbocycles. The molecule has 0 aliphatic heterocycles. The van der Waals surface area contributed by atoms with Crippen molar-refractivity contribution < 1.29 is 9.59 Å². The number of rotatable bonds is 4. The Morgan fingerprint density at radius 2 is 1.10 bits per heavy atom. The molecule has 0 saturated heterocycles. The molecule has 0 saturated carbocycles. The number of hydrogen-bond acceptors (Lipinski definition) is 4. The van der Waals surface area contributed by atoms with Crippen LogP contribution in [0.3, 0.4) is 0 Å². The van der Waals surface area contributed by atoms with Crippen LogP contribution in [0.25, 0.3) is 0 Å². The normalized spacial score (nSPS) is 12.6. The zero-order valence-electron chi connectivity index (χ0n) is 17.7. The SMILES string of the molecule is CC(C)N=c1ccccn1C(=O)c1cccc(C(=O)n2ccccc2=NC(C)C)c1. The zero-order valence-corrected chi connectivity index (χ0v) is 17.7. The number of carbonyl (C=O) groups is 2. The molecule has 0 radical (unpaired) electrons. The van der Waals surface area contributed by atoms with Gasteiger partial charge in [-0.25, -0.2) is 0 Å². The molecule has 0 atom stereocenters. The van der Waals surface area contributed by atoms with Crippen LogP contribution in [0.4, 0.5) is 0 Å². The molecule has 0 N–H and O–H groups in total. The highest BCUT2D eigenvalue weighted by Crippen LogP contribution is 2.09. The third-order valence-corrected chi connectivity index (χ3v) is 4.25. The van der Waals surface area contributed by atoms with Crippen LogP contribution in [0.15, 0.2) is 83.0 Å². The Balaban J connectivity index is 2.03. The molecule has 1 aromatic carbocycles. The van der Waals surface area contributed by atoms with E-state index in [2.05, 4.69) is 9.98 Å². The molecule has 0 spiro atoms. The quantitative estimate of drug-likeness (QED) is 0.672. The molecule has 2 aromatic heterocycles. The molecule has 0 fully saturated rings. The minimum absolute atomic E-state index is 0.0528. The first kappa shape index (κ1) is 21.2. The van der Waals surface area contributed by atoms with Gasteiger partial charge in [-0.1, -0.05) is 18.2 Å². The van der Waals surface area contributed by atoms with Gasteiger partial charge in [-0.05, 0) is 70.2 Å². The third-order valence-electron chi connectivity index (χ3n) is 4.25. The molecular formula is C24H26N4O2. The van der Waals surface area contributed by atoms with Gasteiger partial charge in [0.2, 0.25) is 0 Å². The van der Waals surface area contributed by atoms with Crippen LogP contribution in [0.1, 0.15) is 48.4 Å². The highest BCUT2D eigenvalue weighted by Gasteiger charge is 2.14. The summed E-state index contributed by atoms with van der Waals surface area (Å²) in [7, 11) is 0. The number of benzene rings is 1. The predicted molar refractivity (Wildman–Crippen MR) is 116 cm³/mol. The van der Waals surface area contributed by atoms with Gasteiger partial charge in [-0.3, -0.25) is 28.7 Å². The monoisotopic (exact) mass is 402 g/mol. The van der Waals surface area contributed by atoms with Crippen molar-refractivity contribution in [2.45, 2.75) is 39.8 Å². The fourth-order valence-electron chi connectivity index (χ4n) is 3.01. The summed E-state index contributed by atoms with van der Waals surface area (Å²) in [6.45, 7) is 7.83. The summed E-state index contributed by atoms with van der Waals surface area (Å²) < 4.78 is 3.00. The lowest BCUT2D eigenvalue weighted by Crippen LogP contribution is -2.29. The van der Waals surface area contributed by atoms with Crippen molar-refractivity contribution in [1.29, 1.82) is 0 Å². The molecule has 3 rings (SSSR count). The Hall–Kier alpha value is -3.54. The van der Waals surface area contributed by atoms with Crippen LogP contribution in [-0.2, 0) is 0 Å². The van der Waals surface area contributed by atoms with E-state index in [0.717, 1.165) is 0 Å². The third kappa shape index (κ3) is 4.89. The second-order valence-corrected chi connectivity index (χ2v) is 7.49. The van der Waals surface area contributed by atoms with E-state index < -0.39 is 0 Å². The topological polar surface area (TPSA) is 68.7 Å². The van der Waals surface area contributed by atoms with E-state index in [4.69, 9.17) is 0 Å². The van der Waals surface area contributed by atoms with Gasteiger partial charge in [0.25, 0.3) is 11.8 Å². The van der Waals surface area contributed by atoms with E-state index >= 15 is 0 Å². The van der Waals surface area contributed by atoms with E-state index in [9.17, 15) is 9.59 Å². The first-order valence-electron chi connectivity index (χ1n) is 9.99. The lowest BCUT2D eigenvalue weighted by molar-refractivity contribution is 0.0954. The van der Waals surface area contributed by atoms with Gasteiger partial charge >= 0.3 is 0 Å². The maximum absolute atomic E-state index is 13.1. The highest BCUT2D eigenvalue weighted by molar-refractivity contribution is 6.01. The minimum Gasteiger partial charge on any atom is -0.268 e. The molecule has 0 unspecified atom stereocenters. The molecule has 3 aromatic rings. The van der Waals surface area contributed by atoms with Crippen molar-refractivity contribution in [2.24, 2.45) is 9.98 Å². The summed E-state index contributed by atoms with van der Waals surface area (Å²) in [6, 6.07) is 17.7. The van der Waals surface area contributed by atoms with Gasteiger partial charge in [0, 0.05) is 35.6 Å². The molecular weight excluding hydrogens is 376 g/mol. The summed E-state index contributed by atoms with van der Waals surface area (Å²) >= 11 is 0. The number of nitrogens with zero attached hydrogens (tertiary/aromatic N) is 4. The van der Waals surface area contributed by atoms with Crippen LogP contribution in [0.5, 0.6) is 0 Å². The van der Waals surface area contributed by atoms with E-state index in [1.54, 1.807) is 60.9 Å². The van der Waals surface area contributed by atoms with Crippen molar-refractivity contribution in [3.8, 4) is 0 Å².